The highest BCUT2D eigenvalue weighted by atomic mass is 32.1. The van der Waals surface area contributed by atoms with Gasteiger partial charge in [-0.1, -0.05) is 13.0 Å². The van der Waals surface area contributed by atoms with Crippen LogP contribution in [0.15, 0.2) is 17.5 Å². The van der Waals surface area contributed by atoms with Gasteiger partial charge in [0.25, 0.3) is 11.8 Å². The molecule has 0 bridgehead atoms. The molecule has 2 saturated heterocycles. The lowest BCUT2D eigenvalue weighted by Gasteiger charge is -2.33. The van der Waals surface area contributed by atoms with Gasteiger partial charge in [0.1, 0.15) is 5.54 Å². The fraction of sp³-hybridized carbons (Fsp3) is 0.632. The summed E-state index contributed by atoms with van der Waals surface area (Å²) >= 11 is 1.70. The Kier molecular flexibility index (Phi) is 4.94. The second-order valence-electron chi connectivity index (χ2n) is 8.01. The number of imide groups is 1. The molecule has 0 aromatic carbocycles. The predicted molar refractivity (Wildman–Crippen MR) is 102 cm³/mol. The van der Waals surface area contributed by atoms with Crippen LogP contribution in [-0.4, -0.2) is 46.4 Å². The highest BCUT2D eigenvalue weighted by Crippen LogP contribution is 2.36. The third-order valence-electron chi connectivity index (χ3n) is 6.11. The Morgan fingerprint density at radius 3 is 2.81 bits per heavy atom. The molecule has 3 heterocycles. The molecular weight excluding hydrogens is 364 g/mol. The van der Waals surface area contributed by atoms with E-state index in [1.165, 1.54) is 4.88 Å². The van der Waals surface area contributed by atoms with Crippen LogP contribution in [0.1, 0.15) is 56.4 Å². The number of carbonyl (C=O) groups excluding carboxylic acids is 3. The number of urea groups is 1. The van der Waals surface area contributed by atoms with Gasteiger partial charge in [-0.3, -0.25) is 19.9 Å². The van der Waals surface area contributed by atoms with Crippen molar-refractivity contribution in [1.82, 2.24) is 20.7 Å². The summed E-state index contributed by atoms with van der Waals surface area (Å²) in [5, 5.41) is 5.77. The second kappa shape index (κ2) is 7.24. The van der Waals surface area contributed by atoms with Crippen molar-refractivity contribution in [2.75, 3.05) is 13.1 Å². The smallest absolute Gasteiger partial charge is 0.322 e. The van der Waals surface area contributed by atoms with E-state index >= 15 is 0 Å². The average molecular weight is 391 g/mol. The molecule has 1 aliphatic carbocycles. The van der Waals surface area contributed by atoms with Gasteiger partial charge in [-0.05, 0) is 62.4 Å². The Hall–Kier alpha value is -1.93. The van der Waals surface area contributed by atoms with E-state index in [1.54, 1.807) is 11.3 Å². The van der Waals surface area contributed by atoms with Crippen LogP contribution in [0.25, 0.3) is 0 Å². The molecule has 27 heavy (non-hydrogen) atoms. The number of thiophene rings is 1. The van der Waals surface area contributed by atoms with Crippen LogP contribution in [0.5, 0.6) is 0 Å². The van der Waals surface area contributed by atoms with Crippen molar-refractivity contribution in [2.24, 2.45) is 5.92 Å². The van der Waals surface area contributed by atoms with Crippen LogP contribution < -0.4 is 10.7 Å². The molecule has 2 aliphatic heterocycles. The quantitative estimate of drug-likeness (QED) is 0.774. The number of nitrogens with one attached hydrogen (secondary N) is 2. The number of nitrogens with zero attached hydrogens (tertiary/aromatic N) is 2. The normalized spacial score (nSPS) is 31.5. The average Bonchev–Trinajstić information content (AvgIpc) is 3.36. The second-order valence-corrected chi connectivity index (χ2v) is 8.99. The minimum Gasteiger partial charge on any atom is -0.322 e. The fourth-order valence-electron chi connectivity index (χ4n) is 4.48. The summed E-state index contributed by atoms with van der Waals surface area (Å²) in [4.78, 5) is 41.1. The van der Waals surface area contributed by atoms with Crippen molar-refractivity contribution in [2.45, 2.75) is 57.0 Å². The number of likely N-dealkylation sites (tertiary alicyclic amines) is 1. The van der Waals surface area contributed by atoms with Crippen LogP contribution >= 0.6 is 11.3 Å². The zero-order valence-corrected chi connectivity index (χ0v) is 16.4. The molecule has 1 aromatic heterocycles. The number of carbonyl (C=O) groups is 3. The molecule has 7 nitrogen and oxygen atoms in total. The van der Waals surface area contributed by atoms with Crippen molar-refractivity contribution in [3.63, 3.8) is 0 Å². The highest BCUT2D eigenvalue weighted by molar-refractivity contribution is 7.10. The lowest BCUT2D eigenvalue weighted by Crippen LogP contribution is -2.52. The molecule has 3 aliphatic rings. The highest BCUT2D eigenvalue weighted by Gasteiger charge is 2.53. The lowest BCUT2D eigenvalue weighted by atomic mass is 9.77. The number of hydrogen-bond acceptors (Lipinski definition) is 5. The molecule has 4 rings (SSSR count). The maximum Gasteiger partial charge on any atom is 0.344 e. The Balaban J connectivity index is 1.38. The van der Waals surface area contributed by atoms with Crippen LogP contribution in [-0.2, 0) is 9.59 Å². The molecule has 8 heteroatoms. The van der Waals surface area contributed by atoms with Crippen molar-refractivity contribution in [3.05, 3.63) is 22.4 Å². The van der Waals surface area contributed by atoms with Gasteiger partial charge in [0, 0.05) is 10.9 Å². The van der Waals surface area contributed by atoms with E-state index in [1.807, 2.05) is 11.4 Å². The predicted octanol–water partition coefficient (Wildman–Crippen LogP) is 2.42. The zero-order chi connectivity index (χ0) is 19.0. The summed E-state index contributed by atoms with van der Waals surface area (Å²) < 4.78 is 0. The molecule has 0 radical (unpaired) electrons. The Morgan fingerprint density at radius 1 is 1.33 bits per heavy atom. The van der Waals surface area contributed by atoms with Gasteiger partial charge in [0.2, 0.25) is 0 Å². The van der Waals surface area contributed by atoms with Crippen LogP contribution in [0, 0.1) is 5.92 Å². The Labute approximate surface area is 163 Å². The molecule has 1 aromatic rings. The molecule has 0 unspecified atom stereocenters. The maximum atomic E-state index is 12.8. The molecule has 3 fully saturated rings. The van der Waals surface area contributed by atoms with Crippen molar-refractivity contribution >= 4 is 29.2 Å². The summed E-state index contributed by atoms with van der Waals surface area (Å²) in [5.41, 5.74) is 1.72. The van der Waals surface area contributed by atoms with E-state index in [0.717, 1.165) is 37.2 Å². The minimum absolute atomic E-state index is 0.184. The summed E-state index contributed by atoms with van der Waals surface area (Å²) in [5.74, 6) is -0.0690. The number of hydrogen-bond donors (Lipinski definition) is 2. The van der Waals surface area contributed by atoms with Crippen molar-refractivity contribution in [3.8, 4) is 0 Å². The molecule has 1 atom stereocenters. The van der Waals surface area contributed by atoms with Gasteiger partial charge >= 0.3 is 6.03 Å². The van der Waals surface area contributed by atoms with E-state index in [-0.39, 0.29) is 24.4 Å². The zero-order valence-electron chi connectivity index (χ0n) is 15.6. The fourth-order valence-corrected chi connectivity index (χ4v) is 5.37. The standard InChI is InChI=1S/C19H26N4O3S/c1-13-6-8-19(9-7-13)17(25)23(18(26)20-19)21-16(24)12-22-10-2-4-14(22)15-5-3-11-27-15/h3,5,11,13-14H,2,4,6-10,12H2,1H3,(H,20,26)(H,21,24)/t13?,14-,19?/m1/s1. The summed E-state index contributed by atoms with van der Waals surface area (Å²) in [7, 11) is 0. The van der Waals surface area contributed by atoms with E-state index in [9.17, 15) is 14.4 Å². The SMILES string of the molecule is CC1CCC2(CC1)NC(=O)N(NC(=O)CN1CCC[C@@H]1c1cccs1)C2=O. The van der Waals surface area contributed by atoms with E-state index in [2.05, 4.69) is 28.6 Å². The Morgan fingerprint density at radius 2 is 2.11 bits per heavy atom. The maximum absolute atomic E-state index is 12.8. The molecule has 146 valence electrons. The summed E-state index contributed by atoms with van der Waals surface area (Å²) in [6, 6.07) is 3.84. The van der Waals surface area contributed by atoms with E-state index in [4.69, 9.17) is 0 Å². The van der Waals surface area contributed by atoms with Crippen LogP contribution in [0.3, 0.4) is 0 Å². The first kappa shape index (κ1) is 18.4. The van der Waals surface area contributed by atoms with Gasteiger partial charge < -0.3 is 5.32 Å². The van der Waals surface area contributed by atoms with Gasteiger partial charge in [-0.2, -0.15) is 5.01 Å². The third kappa shape index (κ3) is 3.48. The van der Waals surface area contributed by atoms with Crippen molar-refractivity contribution < 1.29 is 14.4 Å². The first-order valence-electron chi connectivity index (χ1n) is 9.72. The van der Waals surface area contributed by atoms with Gasteiger partial charge in [-0.25, -0.2) is 4.79 Å². The van der Waals surface area contributed by atoms with E-state index < -0.39 is 11.6 Å². The molecule has 4 amide bonds. The Bertz CT molecular complexity index is 727. The molecule has 2 N–H and O–H groups in total. The monoisotopic (exact) mass is 390 g/mol. The first-order valence-corrected chi connectivity index (χ1v) is 10.6. The molecule has 1 spiro atoms. The van der Waals surface area contributed by atoms with Gasteiger partial charge in [-0.15, -0.1) is 11.3 Å². The van der Waals surface area contributed by atoms with Gasteiger partial charge in [0.05, 0.1) is 6.54 Å². The molecular formula is C19H26N4O3S. The van der Waals surface area contributed by atoms with Crippen LogP contribution in [0.2, 0.25) is 0 Å². The molecule has 1 saturated carbocycles. The largest absolute Gasteiger partial charge is 0.344 e. The van der Waals surface area contributed by atoms with E-state index in [0.29, 0.717) is 18.8 Å². The number of amides is 4. The first-order chi connectivity index (χ1) is 13.0. The minimum atomic E-state index is -0.829. The van der Waals surface area contributed by atoms with Crippen molar-refractivity contribution in [1.29, 1.82) is 0 Å². The summed E-state index contributed by atoms with van der Waals surface area (Å²) in [6.07, 6.45) is 5.15. The number of hydrazine groups is 1. The van der Waals surface area contributed by atoms with Crippen LogP contribution in [0.4, 0.5) is 4.79 Å². The topological polar surface area (TPSA) is 81.8 Å². The van der Waals surface area contributed by atoms with Gasteiger partial charge in [0.15, 0.2) is 0 Å². The lowest BCUT2D eigenvalue weighted by molar-refractivity contribution is -0.140. The third-order valence-corrected chi connectivity index (χ3v) is 7.08. The summed E-state index contributed by atoms with van der Waals surface area (Å²) in [6.45, 7) is 3.19. The number of rotatable bonds is 4.